The largest absolute Gasteiger partial charge is 0.480 e. The Morgan fingerprint density at radius 2 is 2.10 bits per heavy atom. The number of amides is 2. The first-order chi connectivity index (χ1) is 9.59. The smallest absolute Gasteiger partial charge is 0.327 e. The van der Waals surface area contributed by atoms with Crippen molar-refractivity contribution in [2.45, 2.75) is 12.6 Å². The van der Waals surface area contributed by atoms with Crippen LogP contribution in [0.3, 0.4) is 0 Å². The Labute approximate surface area is 122 Å². The number of carboxylic acid groups (broad SMARTS) is 1. The maximum atomic E-state index is 12.4. The number of hydrogen-bond donors (Lipinski definition) is 1. The average Bonchev–Trinajstić information content (AvgIpc) is 2.47. The standard InChI is InChI=1S/C14H18N2O3S/c1-15(9-11-5-3-2-4-6-11)14(19)16-7-8-20-10-12(16)13(17)18/h2-6,12H,7-10H2,1H3,(H,17,18). The van der Waals surface area contributed by atoms with Crippen molar-refractivity contribution in [1.82, 2.24) is 9.80 Å². The summed E-state index contributed by atoms with van der Waals surface area (Å²) in [7, 11) is 1.70. The van der Waals surface area contributed by atoms with Crippen molar-refractivity contribution in [3.05, 3.63) is 35.9 Å². The van der Waals surface area contributed by atoms with Gasteiger partial charge in [0.2, 0.25) is 0 Å². The molecule has 6 heteroatoms. The minimum Gasteiger partial charge on any atom is -0.480 e. The van der Waals surface area contributed by atoms with Crippen LogP contribution in [0.15, 0.2) is 30.3 Å². The summed E-state index contributed by atoms with van der Waals surface area (Å²) in [6, 6.07) is 8.72. The van der Waals surface area contributed by atoms with Crippen molar-refractivity contribution in [3.8, 4) is 0 Å². The van der Waals surface area contributed by atoms with Gasteiger partial charge in [0.1, 0.15) is 6.04 Å². The normalized spacial score (nSPS) is 18.6. The van der Waals surface area contributed by atoms with Crippen LogP contribution in [0.2, 0.25) is 0 Å². The number of carboxylic acids is 1. The molecule has 0 radical (unpaired) electrons. The molecule has 0 bridgehead atoms. The molecule has 1 aromatic carbocycles. The molecule has 0 saturated carbocycles. The van der Waals surface area contributed by atoms with E-state index >= 15 is 0 Å². The van der Waals surface area contributed by atoms with Gasteiger partial charge in [-0.15, -0.1) is 0 Å². The van der Waals surface area contributed by atoms with Gasteiger partial charge in [0, 0.05) is 31.6 Å². The first kappa shape index (κ1) is 14.7. The van der Waals surface area contributed by atoms with Crippen LogP contribution in [0.5, 0.6) is 0 Å². The van der Waals surface area contributed by atoms with Gasteiger partial charge in [0.15, 0.2) is 0 Å². The minimum atomic E-state index is -0.932. The third-order valence-corrected chi connectivity index (χ3v) is 4.27. The van der Waals surface area contributed by atoms with Gasteiger partial charge < -0.3 is 14.9 Å². The van der Waals surface area contributed by atoms with Gasteiger partial charge in [-0.2, -0.15) is 11.8 Å². The Kier molecular flexibility index (Phi) is 4.89. The minimum absolute atomic E-state index is 0.221. The zero-order valence-corrected chi connectivity index (χ0v) is 12.2. The molecule has 2 rings (SSSR count). The third-order valence-electron chi connectivity index (χ3n) is 3.25. The van der Waals surface area contributed by atoms with Crippen LogP contribution in [0.25, 0.3) is 0 Å². The molecular formula is C14H18N2O3S. The molecular weight excluding hydrogens is 276 g/mol. The topological polar surface area (TPSA) is 60.9 Å². The summed E-state index contributed by atoms with van der Waals surface area (Å²) in [5.41, 5.74) is 1.03. The number of carbonyl (C=O) groups excluding carboxylic acids is 1. The van der Waals surface area contributed by atoms with E-state index in [1.807, 2.05) is 30.3 Å². The zero-order valence-electron chi connectivity index (χ0n) is 11.4. The van der Waals surface area contributed by atoms with E-state index in [9.17, 15) is 14.7 Å². The number of aliphatic carboxylic acids is 1. The third kappa shape index (κ3) is 3.45. The molecule has 0 aliphatic carbocycles. The fraction of sp³-hybridized carbons (Fsp3) is 0.429. The quantitative estimate of drug-likeness (QED) is 0.922. The Morgan fingerprint density at radius 1 is 1.40 bits per heavy atom. The predicted octanol–water partition coefficient (Wildman–Crippen LogP) is 1.74. The Balaban J connectivity index is 2.03. The summed E-state index contributed by atoms with van der Waals surface area (Å²) < 4.78 is 0. The molecule has 1 aliphatic heterocycles. The first-order valence-corrected chi connectivity index (χ1v) is 7.61. The molecule has 1 aromatic rings. The Bertz CT molecular complexity index is 481. The molecule has 1 heterocycles. The van der Waals surface area contributed by atoms with Crippen LogP contribution in [0, 0.1) is 0 Å². The van der Waals surface area contributed by atoms with Crippen LogP contribution in [0.4, 0.5) is 4.79 Å². The zero-order chi connectivity index (χ0) is 14.5. The van der Waals surface area contributed by atoms with Crippen molar-refractivity contribution < 1.29 is 14.7 Å². The molecule has 1 fully saturated rings. The van der Waals surface area contributed by atoms with Gasteiger partial charge in [0.05, 0.1) is 0 Å². The highest BCUT2D eigenvalue weighted by Gasteiger charge is 2.33. The lowest BCUT2D eigenvalue weighted by molar-refractivity contribution is -0.141. The van der Waals surface area contributed by atoms with Gasteiger partial charge in [-0.1, -0.05) is 30.3 Å². The van der Waals surface area contributed by atoms with Crippen LogP contribution in [-0.4, -0.2) is 58.0 Å². The second-order valence-corrected chi connectivity index (χ2v) is 5.90. The summed E-state index contributed by atoms with van der Waals surface area (Å²) in [6.45, 7) is 0.968. The Morgan fingerprint density at radius 3 is 2.75 bits per heavy atom. The number of urea groups is 1. The van der Waals surface area contributed by atoms with E-state index in [-0.39, 0.29) is 6.03 Å². The Hall–Kier alpha value is -1.69. The maximum absolute atomic E-state index is 12.4. The summed E-state index contributed by atoms with van der Waals surface area (Å²) in [4.78, 5) is 26.7. The van der Waals surface area contributed by atoms with E-state index in [0.717, 1.165) is 11.3 Å². The van der Waals surface area contributed by atoms with E-state index in [4.69, 9.17) is 0 Å². The number of hydrogen-bond acceptors (Lipinski definition) is 3. The molecule has 1 atom stereocenters. The van der Waals surface area contributed by atoms with E-state index in [2.05, 4.69) is 0 Å². The number of rotatable bonds is 3. The first-order valence-electron chi connectivity index (χ1n) is 6.46. The van der Waals surface area contributed by atoms with Crippen LogP contribution in [-0.2, 0) is 11.3 Å². The second-order valence-electron chi connectivity index (χ2n) is 4.75. The van der Waals surface area contributed by atoms with Gasteiger partial charge in [0.25, 0.3) is 0 Å². The molecule has 1 unspecified atom stereocenters. The summed E-state index contributed by atoms with van der Waals surface area (Å²) >= 11 is 1.57. The van der Waals surface area contributed by atoms with Crippen LogP contribution in [0.1, 0.15) is 5.56 Å². The van der Waals surface area contributed by atoms with Crippen molar-refractivity contribution in [2.75, 3.05) is 25.1 Å². The van der Waals surface area contributed by atoms with Gasteiger partial charge in [-0.25, -0.2) is 9.59 Å². The molecule has 5 nitrogen and oxygen atoms in total. The number of nitrogens with zero attached hydrogens (tertiary/aromatic N) is 2. The second kappa shape index (κ2) is 6.65. The molecule has 0 spiro atoms. The van der Waals surface area contributed by atoms with Crippen molar-refractivity contribution in [2.24, 2.45) is 0 Å². The summed E-state index contributed by atoms with van der Waals surface area (Å²) in [5.74, 6) is 0.313. The SMILES string of the molecule is CN(Cc1ccccc1)C(=O)N1CCSCC1C(=O)O. The number of benzene rings is 1. The van der Waals surface area contributed by atoms with Gasteiger partial charge in [-0.3, -0.25) is 0 Å². The average molecular weight is 294 g/mol. The number of carbonyl (C=O) groups is 2. The molecule has 1 aliphatic rings. The fourth-order valence-corrected chi connectivity index (χ4v) is 3.22. The fourth-order valence-electron chi connectivity index (χ4n) is 2.18. The molecule has 2 amide bonds. The van der Waals surface area contributed by atoms with E-state index in [0.29, 0.717) is 18.8 Å². The molecule has 20 heavy (non-hydrogen) atoms. The molecule has 0 aromatic heterocycles. The monoisotopic (exact) mass is 294 g/mol. The van der Waals surface area contributed by atoms with E-state index in [1.54, 1.807) is 23.7 Å². The molecule has 1 N–H and O–H groups in total. The van der Waals surface area contributed by atoms with Gasteiger partial charge in [-0.05, 0) is 5.56 Å². The lowest BCUT2D eigenvalue weighted by Gasteiger charge is -2.35. The molecule has 1 saturated heterocycles. The summed E-state index contributed by atoms with van der Waals surface area (Å²) in [5, 5.41) is 9.20. The van der Waals surface area contributed by atoms with E-state index in [1.165, 1.54) is 4.90 Å². The highest BCUT2D eigenvalue weighted by molar-refractivity contribution is 7.99. The highest BCUT2D eigenvalue weighted by Crippen LogP contribution is 2.18. The van der Waals surface area contributed by atoms with Crippen molar-refractivity contribution in [1.29, 1.82) is 0 Å². The van der Waals surface area contributed by atoms with Crippen molar-refractivity contribution >= 4 is 23.8 Å². The maximum Gasteiger partial charge on any atom is 0.327 e. The van der Waals surface area contributed by atoms with E-state index < -0.39 is 12.0 Å². The molecule has 108 valence electrons. The van der Waals surface area contributed by atoms with Gasteiger partial charge >= 0.3 is 12.0 Å². The van der Waals surface area contributed by atoms with Crippen LogP contribution >= 0.6 is 11.8 Å². The summed E-state index contributed by atoms with van der Waals surface area (Å²) in [6.07, 6.45) is 0. The highest BCUT2D eigenvalue weighted by atomic mass is 32.2. The van der Waals surface area contributed by atoms with Crippen molar-refractivity contribution in [3.63, 3.8) is 0 Å². The predicted molar refractivity (Wildman–Crippen MR) is 78.8 cm³/mol. The van der Waals surface area contributed by atoms with Crippen LogP contribution < -0.4 is 0 Å². The number of thioether (sulfide) groups is 1. The lowest BCUT2D eigenvalue weighted by Crippen LogP contribution is -2.53. The lowest BCUT2D eigenvalue weighted by atomic mass is 10.2.